The normalized spacial score (nSPS) is 11.2. The zero-order valence-corrected chi connectivity index (χ0v) is 13.9. The van der Waals surface area contributed by atoms with Crippen LogP contribution in [0.2, 0.25) is 0 Å². The lowest BCUT2D eigenvalue weighted by Gasteiger charge is -2.08. The van der Waals surface area contributed by atoms with Gasteiger partial charge in [-0.05, 0) is 61.4 Å². The molecule has 0 aliphatic carbocycles. The first-order chi connectivity index (χ1) is 12.0. The molecule has 0 aliphatic heterocycles. The highest BCUT2D eigenvalue weighted by atomic mass is 19.1. The van der Waals surface area contributed by atoms with Gasteiger partial charge in [-0.2, -0.15) is 0 Å². The molecule has 0 spiro atoms. The van der Waals surface area contributed by atoms with E-state index in [1.54, 1.807) is 39.7 Å². The van der Waals surface area contributed by atoms with Crippen molar-refractivity contribution in [1.29, 1.82) is 0 Å². The Kier molecular flexibility index (Phi) is 3.50. The molecule has 2 heterocycles. The number of aromatic nitrogens is 3. The standard InChI is InChI=1S/C20H16FN3O/c1-13-9-14(2)11-17(10-13)24-8-7-23-12-18(22-19(23)20(24)25)15-3-5-16(21)6-4-15/h3-12H,1-2H3. The van der Waals surface area contributed by atoms with Crippen molar-refractivity contribution in [1.82, 2.24) is 14.0 Å². The summed E-state index contributed by atoms with van der Waals surface area (Å²) in [5, 5.41) is 0. The van der Waals surface area contributed by atoms with Crippen LogP contribution >= 0.6 is 0 Å². The quantitative estimate of drug-likeness (QED) is 0.558. The minimum atomic E-state index is -0.301. The van der Waals surface area contributed by atoms with Gasteiger partial charge in [-0.15, -0.1) is 0 Å². The van der Waals surface area contributed by atoms with Crippen molar-refractivity contribution >= 4 is 5.65 Å². The second-order valence-corrected chi connectivity index (χ2v) is 6.18. The first-order valence-electron chi connectivity index (χ1n) is 7.96. The van der Waals surface area contributed by atoms with Gasteiger partial charge in [0.15, 0.2) is 0 Å². The molecule has 25 heavy (non-hydrogen) atoms. The van der Waals surface area contributed by atoms with Gasteiger partial charge in [-0.25, -0.2) is 9.37 Å². The van der Waals surface area contributed by atoms with Crippen molar-refractivity contribution in [2.75, 3.05) is 0 Å². The van der Waals surface area contributed by atoms with E-state index in [0.29, 0.717) is 11.3 Å². The SMILES string of the molecule is Cc1cc(C)cc(-n2ccn3cc(-c4ccc(F)cc4)nc3c2=O)c1. The Hall–Kier alpha value is -3.21. The molecule has 4 nitrogen and oxygen atoms in total. The van der Waals surface area contributed by atoms with Crippen LogP contribution in [0.4, 0.5) is 4.39 Å². The average molecular weight is 333 g/mol. The molecule has 0 amide bonds. The van der Waals surface area contributed by atoms with Crippen molar-refractivity contribution in [2.24, 2.45) is 0 Å². The average Bonchev–Trinajstić information content (AvgIpc) is 3.00. The molecule has 4 rings (SSSR count). The summed E-state index contributed by atoms with van der Waals surface area (Å²) < 4.78 is 16.4. The Morgan fingerprint density at radius 3 is 2.32 bits per heavy atom. The van der Waals surface area contributed by atoms with Gasteiger partial charge in [-0.3, -0.25) is 9.36 Å². The second kappa shape index (κ2) is 5.70. The number of hydrogen-bond acceptors (Lipinski definition) is 2. The molecule has 0 atom stereocenters. The summed E-state index contributed by atoms with van der Waals surface area (Å²) in [4.78, 5) is 17.3. The lowest BCUT2D eigenvalue weighted by molar-refractivity contribution is 0.628. The molecule has 0 saturated heterocycles. The van der Waals surface area contributed by atoms with Crippen LogP contribution in [0.15, 0.2) is 65.8 Å². The molecule has 0 radical (unpaired) electrons. The Bertz CT molecular complexity index is 1120. The van der Waals surface area contributed by atoms with Gasteiger partial charge in [0.2, 0.25) is 5.65 Å². The third kappa shape index (κ3) is 2.74. The third-order valence-corrected chi connectivity index (χ3v) is 4.14. The number of nitrogens with zero attached hydrogens (tertiary/aromatic N) is 3. The number of halogens is 1. The monoisotopic (exact) mass is 333 g/mol. The minimum Gasteiger partial charge on any atom is -0.300 e. The molecule has 4 aromatic rings. The van der Waals surface area contributed by atoms with Gasteiger partial charge in [0.05, 0.1) is 5.69 Å². The topological polar surface area (TPSA) is 39.3 Å². The zero-order valence-electron chi connectivity index (χ0n) is 13.9. The molecule has 0 fully saturated rings. The smallest absolute Gasteiger partial charge is 0.298 e. The molecule has 0 aliphatic rings. The summed E-state index contributed by atoms with van der Waals surface area (Å²) >= 11 is 0. The molecule has 0 bridgehead atoms. The highest BCUT2D eigenvalue weighted by Crippen LogP contribution is 2.19. The van der Waals surface area contributed by atoms with E-state index in [0.717, 1.165) is 22.4 Å². The minimum absolute atomic E-state index is 0.194. The molecule has 0 saturated carbocycles. The summed E-state index contributed by atoms with van der Waals surface area (Å²) in [6.07, 6.45) is 5.31. The summed E-state index contributed by atoms with van der Waals surface area (Å²) in [6.45, 7) is 4.00. The maximum atomic E-state index is 13.1. The second-order valence-electron chi connectivity index (χ2n) is 6.18. The Morgan fingerprint density at radius 1 is 0.960 bits per heavy atom. The molecular weight excluding hydrogens is 317 g/mol. The van der Waals surface area contributed by atoms with Crippen LogP contribution in [0.3, 0.4) is 0 Å². The molecule has 0 unspecified atom stereocenters. The lowest BCUT2D eigenvalue weighted by Crippen LogP contribution is -2.20. The Morgan fingerprint density at radius 2 is 1.64 bits per heavy atom. The van der Waals surface area contributed by atoms with Crippen molar-refractivity contribution in [2.45, 2.75) is 13.8 Å². The number of fused-ring (bicyclic) bond motifs is 1. The van der Waals surface area contributed by atoms with Gasteiger partial charge < -0.3 is 4.40 Å². The van der Waals surface area contributed by atoms with Crippen LogP contribution in [-0.2, 0) is 0 Å². The largest absolute Gasteiger partial charge is 0.300 e. The summed E-state index contributed by atoms with van der Waals surface area (Å²) in [6, 6.07) is 12.1. The maximum absolute atomic E-state index is 13.1. The first kappa shape index (κ1) is 15.3. The Labute approximate surface area is 143 Å². The fourth-order valence-electron chi connectivity index (χ4n) is 3.03. The zero-order chi connectivity index (χ0) is 17.6. The van der Waals surface area contributed by atoms with Gasteiger partial charge in [0.1, 0.15) is 5.82 Å². The van der Waals surface area contributed by atoms with Crippen LogP contribution in [0, 0.1) is 19.7 Å². The van der Waals surface area contributed by atoms with Crippen molar-refractivity contribution in [3.63, 3.8) is 0 Å². The summed E-state index contributed by atoms with van der Waals surface area (Å²) in [7, 11) is 0. The number of hydrogen-bond donors (Lipinski definition) is 0. The maximum Gasteiger partial charge on any atom is 0.298 e. The van der Waals surface area contributed by atoms with Gasteiger partial charge in [0, 0.05) is 29.8 Å². The van der Waals surface area contributed by atoms with Crippen molar-refractivity contribution in [3.8, 4) is 16.9 Å². The van der Waals surface area contributed by atoms with Crippen LogP contribution in [0.25, 0.3) is 22.6 Å². The molecule has 5 heteroatoms. The Balaban J connectivity index is 1.88. The van der Waals surface area contributed by atoms with Crippen molar-refractivity contribution < 1.29 is 4.39 Å². The van der Waals surface area contributed by atoms with Crippen LogP contribution in [0.1, 0.15) is 11.1 Å². The number of rotatable bonds is 2. The molecular formula is C20H16FN3O. The number of aryl methyl sites for hydroxylation is 2. The van der Waals surface area contributed by atoms with Crippen LogP contribution in [-0.4, -0.2) is 14.0 Å². The molecule has 124 valence electrons. The highest BCUT2D eigenvalue weighted by Gasteiger charge is 2.11. The van der Waals surface area contributed by atoms with Gasteiger partial charge in [-0.1, -0.05) is 6.07 Å². The summed E-state index contributed by atoms with van der Waals surface area (Å²) in [5.41, 5.74) is 4.55. The molecule has 2 aromatic carbocycles. The van der Waals surface area contributed by atoms with E-state index in [1.165, 1.54) is 12.1 Å². The number of benzene rings is 2. The molecule has 0 N–H and O–H groups in total. The van der Waals surface area contributed by atoms with E-state index in [2.05, 4.69) is 11.1 Å². The fourth-order valence-corrected chi connectivity index (χ4v) is 3.03. The first-order valence-corrected chi connectivity index (χ1v) is 7.96. The highest BCUT2D eigenvalue weighted by molar-refractivity contribution is 5.62. The van der Waals surface area contributed by atoms with Gasteiger partial charge in [0.25, 0.3) is 5.56 Å². The fraction of sp³-hybridized carbons (Fsp3) is 0.100. The van der Waals surface area contributed by atoms with E-state index >= 15 is 0 Å². The summed E-state index contributed by atoms with van der Waals surface area (Å²) in [5.74, 6) is -0.301. The lowest BCUT2D eigenvalue weighted by atomic mass is 10.1. The van der Waals surface area contributed by atoms with E-state index in [4.69, 9.17) is 0 Å². The third-order valence-electron chi connectivity index (χ3n) is 4.14. The van der Waals surface area contributed by atoms with Crippen molar-refractivity contribution in [3.05, 3.63) is 88.4 Å². The van der Waals surface area contributed by atoms with E-state index < -0.39 is 0 Å². The van der Waals surface area contributed by atoms with E-state index in [1.807, 2.05) is 26.0 Å². The van der Waals surface area contributed by atoms with E-state index in [-0.39, 0.29) is 11.4 Å². The van der Waals surface area contributed by atoms with Gasteiger partial charge >= 0.3 is 0 Å². The predicted molar refractivity (Wildman–Crippen MR) is 95.7 cm³/mol. The van der Waals surface area contributed by atoms with Crippen LogP contribution < -0.4 is 5.56 Å². The predicted octanol–water partition coefficient (Wildman–Crippen LogP) is 3.91. The molecule has 2 aromatic heterocycles. The van der Waals surface area contributed by atoms with Crippen LogP contribution in [0.5, 0.6) is 0 Å². The number of imidazole rings is 1. The van der Waals surface area contributed by atoms with E-state index in [9.17, 15) is 9.18 Å².